The molecule has 1 rings (SSSR count). The highest BCUT2D eigenvalue weighted by Crippen LogP contribution is 2.13. The smallest absolute Gasteiger partial charge is 0.475 e. The molecular weight excluding hydrogens is 207 g/mol. The van der Waals surface area contributed by atoms with Crippen LogP contribution in [0.15, 0.2) is 0 Å². The van der Waals surface area contributed by atoms with Crippen LogP contribution >= 0.6 is 0 Å². The molecular formula is C6H8F3NO4. The van der Waals surface area contributed by atoms with E-state index in [1.165, 1.54) is 0 Å². The van der Waals surface area contributed by atoms with Crippen molar-refractivity contribution in [3.8, 4) is 0 Å². The van der Waals surface area contributed by atoms with Crippen LogP contribution in [0.5, 0.6) is 0 Å². The van der Waals surface area contributed by atoms with Crippen molar-refractivity contribution in [2.45, 2.75) is 18.6 Å². The van der Waals surface area contributed by atoms with Gasteiger partial charge < -0.3 is 15.6 Å². The molecule has 1 unspecified atom stereocenters. The van der Waals surface area contributed by atoms with Gasteiger partial charge in [-0.1, -0.05) is 0 Å². The van der Waals surface area contributed by atoms with E-state index in [4.69, 9.17) is 15.6 Å². The second-order valence-electron chi connectivity index (χ2n) is 2.37. The molecule has 8 heteroatoms. The number of ether oxygens (including phenoxy) is 1. The van der Waals surface area contributed by atoms with E-state index in [9.17, 15) is 18.0 Å². The van der Waals surface area contributed by atoms with Crippen molar-refractivity contribution in [3.63, 3.8) is 0 Å². The number of hydrogen-bond donors (Lipinski definition) is 2. The van der Waals surface area contributed by atoms with Gasteiger partial charge in [-0.05, 0) is 0 Å². The van der Waals surface area contributed by atoms with Gasteiger partial charge >= 0.3 is 18.1 Å². The molecule has 1 aliphatic heterocycles. The van der Waals surface area contributed by atoms with Gasteiger partial charge in [0.1, 0.15) is 6.04 Å². The molecule has 0 aromatic heterocycles. The molecule has 0 bridgehead atoms. The van der Waals surface area contributed by atoms with Crippen molar-refractivity contribution in [1.29, 1.82) is 0 Å². The summed E-state index contributed by atoms with van der Waals surface area (Å²) < 4.78 is 36.2. The first-order valence-electron chi connectivity index (χ1n) is 3.47. The van der Waals surface area contributed by atoms with Crippen LogP contribution in [0.1, 0.15) is 6.42 Å². The topological polar surface area (TPSA) is 89.6 Å². The van der Waals surface area contributed by atoms with Gasteiger partial charge in [0.25, 0.3) is 0 Å². The molecule has 3 N–H and O–H groups in total. The van der Waals surface area contributed by atoms with Crippen molar-refractivity contribution < 1.29 is 32.6 Å². The van der Waals surface area contributed by atoms with Crippen molar-refractivity contribution in [2.75, 3.05) is 6.61 Å². The van der Waals surface area contributed by atoms with E-state index < -0.39 is 12.1 Å². The maximum absolute atomic E-state index is 10.6. The van der Waals surface area contributed by atoms with Crippen LogP contribution in [-0.4, -0.2) is 35.9 Å². The Morgan fingerprint density at radius 3 is 2.07 bits per heavy atom. The van der Waals surface area contributed by atoms with E-state index in [-0.39, 0.29) is 12.0 Å². The zero-order chi connectivity index (χ0) is 11.4. The Bertz CT molecular complexity index is 226. The number of aliphatic carboxylic acids is 1. The number of carbonyl (C=O) groups excluding carboxylic acids is 1. The van der Waals surface area contributed by atoms with Gasteiger partial charge in [-0.3, -0.25) is 4.79 Å². The molecule has 1 fully saturated rings. The van der Waals surface area contributed by atoms with Gasteiger partial charge in [0.15, 0.2) is 0 Å². The van der Waals surface area contributed by atoms with Crippen molar-refractivity contribution in [1.82, 2.24) is 0 Å². The summed E-state index contributed by atoms with van der Waals surface area (Å²) in [6, 6.07) is -0.347. The summed E-state index contributed by atoms with van der Waals surface area (Å²) in [5.41, 5.74) is 5.20. The van der Waals surface area contributed by atoms with Gasteiger partial charge in [-0.15, -0.1) is 0 Å². The standard InChI is InChI=1S/C4H7NO2.C2HF3O2/c5-3-1-2-7-4(3)6;3-2(4,5)1(6)7/h3H,1-2,5H2;(H,6,7). The molecule has 0 spiro atoms. The second kappa shape index (κ2) is 4.80. The first-order chi connectivity index (χ1) is 6.25. The van der Waals surface area contributed by atoms with Gasteiger partial charge in [-0.25, -0.2) is 4.79 Å². The number of alkyl halides is 3. The van der Waals surface area contributed by atoms with Crippen LogP contribution in [0.3, 0.4) is 0 Å². The second-order valence-corrected chi connectivity index (χ2v) is 2.37. The van der Waals surface area contributed by atoms with E-state index in [0.29, 0.717) is 13.0 Å². The number of hydrogen-bond acceptors (Lipinski definition) is 4. The third-order valence-electron chi connectivity index (χ3n) is 1.22. The molecule has 82 valence electrons. The summed E-state index contributed by atoms with van der Waals surface area (Å²) in [4.78, 5) is 19.1. The zero-order valence-electron chi connectivity index (χ0n) is 6.87. The van der Waals surface area contributed by atoms with E-state index in [1.54, 1.807) is 0 Å². The van der Waals surface area contributed by atoms with Crippen LogP contribution in [0.4, 0.5) is 13.2 Å². The lowest BCUT2D eigenvalue weighted by atomic mass is 10.3. The summed E-state index contributed by atoms with van der Waals surface area (Å²) in [5.74, 6) is -3.02. The lowest BCUT2D eigenvalue weighted by Crippen LogP contribution is -2.24. The third kappa shape index (κ3) is 4.65. The van der Waals surface area contributed by atoms with Crippen LogP contribution in [0.25, 0.3) is 0 Å². The van der Waals surface area contributed by atoms with Crippen molar-refractivity contribution in [3.05, 3.63) is 0 Å². The third-order valence-corrected chi connectivity index (χ3v) is 1.22. The molecule has 0 aromatic carbocycles. The largest absolute Gasteiger partial charge is 0.490 e. The lowest BCUT2D eigenvalue weighted by molar-refractivity contribution is -0.192. The summed E-state index contributed by atoms with van der Waals surface area (Å²) in [5, 5.41) is 7.12. The Kier molecular flexibility index (Phi) is 4.35. The Morgan fingerprint density at radius 2 is 2.00 bits per heavy atom. The molecule has 0 radical (unpaired) electrons. The van der Waals surface area contributed by atoms with Gasteiger partial charge in [0, 0.05) is 6.42 Å². The first-order valence-corrected chi connectivity index (χ1v) is 3.47. The Labute approximate surface area is 76.6 Å². The molecule has 0 saturated carbocycles. The molecule has 0 aliphatic carbocycles. The highest BCUT2D eigenvalue weighted by Gasteiger charge is 2.38. The number of rotatable bonds is 0. The van der Waals surface area contributed by atoms with Crippen LogP contribution in [0, 0.1) is 0 Å². The Balaban J connectivity index is 0.000000241. The molecule has 0 aromatic rings. The number of carbonyl (C=O) groups is 2. The summed E-state index contributed by atoms with van der Waals surface area (Å²) >= 11 is 0. The monoisotopic (exact) mass is 215 g/mol. The predicted octanol–water partition coefficient (Wildman–Crippen LogP) is -0.106. The molecule has 0 amide bonds. The maximum atomic E-state index is 10.6. The SMILES string of the molecule is NC1CCOC1=O.O=C(O)C(F)(F)F. The molecule has 5 nitrogen and oxygen atoms in total. The molecule has 1 saturated heterocycles. The predicted molar refractivity (Wildman–Crippen MR) is 37.2 cm³/mol. The number of halogens is 3. The van der Waals surface area contributed by atoms with Crippen molar-refractivity contribution >= 4 is 11.9 Å². The lowest BCUT2D eigenvalue weighted by Gasteiger charge is -1.93. The quantitative estimate of drug-likeness (QED) is 0.550. The highest BCUT2D eigenvalue weighted by atomic mass is 19.4. The number of carboxylic acid groups (broad SMARTS) is 1. The molecule has 1 aliphatic rings. The summed E-state index contributed by atoms with van der Waals surface area (Å²) in [6.45, 7) is 0.500. The molecule has 1 heterocycles. The van der Waals surface area contributed by atoms with Crippen molar-refractivity contribution in [2.24, 2.45) is 5.73 Å². The van der Waals surface area contributed by atoms with E-state index in [2.05, 4.69) is 4.74 Å². The average Bonchev–Trinajstić information content (AvgIpc) is 2.35. The fourth-order valence-corrected chi connectivity index (χ4v) is 0.511. The normalized spacial score (nSPS) is 20.9. The fraction of sp³-hybridized carbons (Fsp3) is 0.667. The molecule has 14 heavy (non-hydrogen) atoms. The summed E-state index contributed by atoms with van der Waals surface area (Å²) in [6.07, 6.45) is -4.40. The number of esters is 1. The van der Waals surface area contributed by atoms with E-state index in [1.807, 2.05) is 0 Å². The minimum Gasteiger partial charge on any atom is -0.475 e. The number of carboxylic acids is 1. The van der Waals surface area contributed by atoms with Gasteiger partial charge in [-0.2, -0.15) is 13.2 Å². The van der Waals surface area contributed by atoms with Crippen LogP contribution in [-0.2, 0) is 14.3 Å². The average molecular weight is 215 g/mol. The molecule has 1 atom stereocenters. The fourth-order valence-electron chi connectivity index (χ4n) is 0.511. The van der Waals surface area contributed by atoms with E-state index >= 15 is 0 Å². The van der Waals surface area contributed by atoms with Gasteiger partial charge in [0.2, 0.25) is 0 Å². The van der Waals surface area contributed by atoms with Gasteiger partial charge in [0.05, 0.1) is 6.61 Å². The van der Waals surface area contributed by atoms with Crippen LogP contribution < -0.4 is 5.73 Å². The Hall–Kier alpha value is -1.31. The van der Waals surface area contributed by atoms with Crippen LogP contribution in [0.2, 0.25) is 0 Å². The maximum Gasteiger partial charge on any atom is 0.490 e. The minimum atomic E-state index is -5.08. The number of cyclic esters (lactones) is 1. The first kappa shape index (κ1) is 12.7. The summed E-state index contributed by atoms with van der Waals surface area (Å²) in [7, 11) is 0. The minimum absolute atomic E-state index is 0.264. The van der Waals surface area contributed by atoms with E-state index in [0.717, 1.165) is 0 Å². The zero-order valence-corrected chi connectivity index (χ0v) is 6.87. The Morgan fingerprint density at radius 1 is 1.57 bits per heavy atom. The number of nitrogens with two attached hydrogens (primary N) is 1. The highest BCUT2D eigenvalue weighted by molar-refractivity contribution is 5.77.